The standard InChI is InChI=1S/C16H13F2N5O3/c17-10-1-2-14(12(18)7-10)26-11-3-5-22(6-4-11)16-13(23(24)25)9-20-15(8-19)21-16/h1-2,7,9,11H,3-6H2. The summed E-state index contributed by atoms with van der Waals surface area (Å²) in [5.41, 5.74) is -0.284. The summed E-state index contributed by atoms with van der Waals surface area (Å²) in [4.78, 5) is 19.8. The molecular weight excluding hydrogens is 348 g/mol. The van der Waals surface area contributed by atoms with E-state index in [4.69, 9.17) is 10.00 Å². The van der Waals surface area contributed by atoms with Crippen molar-refractivity contribution in [2.24, 2.45) is 0 Å². The lowest BCUT2D eigenvalue weighted by Gasteiger charge is -2.32. The van der Waals surface area contributed by atoms with Gasteiger partial charge < -0.3 is 9.64 Å². The summed E-state index contributed by atoms with van der Waals surface area (Å²) in [7, 11) is 0. The van der Waals surface area contributed by atoms with Crippen LogP contribution in [0.25, 0.3) is 0 Å². The Balaban J connectivity index is 1.71. The normalized spacial score (nSPS) is 14.7. The van der Waals surface area contributed by atoms with Crippen molar-refractivity contribution in [3.05, 3.63) is 52.0 Å². The lowest BCUT2D eigenvalue weighted by atomic mass is 10.1. The summed E-state index contributed by atoms with van der Waals surface area (Å²) in [6.07, 6.45) is 1.61. The van der Waals surface area contributed by atoms with Crippen LogP contribution in [0.15, 0.2) is 24.4 Å². The Morgan fingerprint density at radius 1 is 1.35 bits per heavy atom. The summed E-state index contributed by atoms with van der Waals surface area (Å²) >= 11 is 0. The lowest BCUT2D eigenvalue weighted by Crippen LogP contribution is -2.39. The number of nitro groups is 1. The van der Waals surface area contributed by atoms with Gasteiger partial charge in [0.15, 0.2) is 11.6 Å². The minimum atomic E-state index is -0.780. The van der Waals surface area contributed by atoms with E-state index in [2.05, 4.69) is 9.97 Å². The first-order chi connectivity index (χ1) is 12.5. The minimum absolute atomic E-state index is 0.0374. The fourth-order valence-corrected chi connectivity index (χ4v) is 2.72. The van der Waals surface area contributed by atoms with Gasteiger partial charge in [0.2, 0.25) is 11.6 Å². The van der Waals surface area contributed by atoms with E-state index < -0.39 is 16.6 Å². The zero-order chi connectivity index (χ0) is 18.7. The topological polar surface area (TPSA) is 105 Å². The zero-order valence-electron chi connectivity index (χ0n) is 13.4. The van der Waals surface area contributed by atoms with Crippen LogP contribution in [0, 0.1) is 33.1 Å². The van der Waals surface area contributed by atoms with Gasteiger partial charge in [-0.3, -0.25) is 10.1 Å². The monoisotopic (exact) mass is 361 g/mol. The third-order valence-electron chi connectivity index (χ3n) is 3.98. The van der Waals surface area contributed by atoms with E-state index in [1.54, 1.807) is 11.0 Å². The number of piperidine rings is 1. The number of halogens is 2. The van der Waals surface area contributed by atoms with Crippen LogP contribution in [0.2, 0.25) is 0 Å². The van der Waals surface area contributed by atoms with Crippen molar-refractivity contribution in [2.45, 2.75) is 18.9 Å². The number of ether oxygens (including phenoxy) is 1. The average molecular weight is 361 g/mol. The van der Waals surface area contributed by atoms with Gasteiger partial charge in [-0.15, -0.1) is 0 Å². The van der Waals surface area contributed by atoms with Crippen molar-refractivity contribution in [1.29, 1.82) is 5.26 Å². The number of hydrogen-bond donors (Lipinski definition) is 0. The number of nitrogens with zero attached hydrogens (tertiary/aromatic N) is 5. The number of anilines is 1. The first-order valence-electron chi connectivity index (χ1n) is 7.76. The van der Waals surface area contributed by atoms with Crippen molar-refractivity contribution < 1.29 is 18.4 Å². The van der Waals surface area contributed by atoms with Crippen LogP contribution in [0.4, 0.5) is 20.3 Å². The lowest BCUT2D eigenvalue weighted by molar-refractivity contribution is -0.384. The van der Waals surface area contributed by atoms with Crippen LogP contribution in [-0.4, -0.2) is 34.1 Å². The van der Waals surface area contributed by atoms with Crippen molar-refractivity contribution >= 4 is 11.5 Å². The van der Waals surface area contributed by atoms with Gasteiger partial charge in [-0.1, -0.05) is 0 Å². The van der Waals surface area contributed by atoms with Crippen molar-refractivity contribution in [2.75, 3.05) is 18.0 Å². The third kappa shape index (κ3) is 3.66. The van der Waals surface area contributed by atoms with Gasteiger partial charge >= 0.3 is 5.69 Å². The molecule has 3 rings (SSSR count). The first-order valence-corrected chi connectivity index (χ1v) is 7.76. The highest BCUT2D eigenvalue weighted by Crippen LogP contribution is 2.29. The molecule has 2 aromatic rings. The molecule has 0 saturated carbocycles. The number of hydrogen-bond acceptors (Lipinski definition) is 7. The van der Waals surface area contributed by atoms with Crippen molar-refractivity contribution in [1.82, 2.24) is 9.97 Å². The van der Waals surface area contributed by atoms with E-state index in [0.717, 1.165) is 18.3 Å². The van der Waals surface area contributed by atoms with Gasteiger partial charge in [0.25, 0.3) is 0 Å². The Morgan fingerprint density at radius 2 is 2.08 bits per heavy atom. The fraction of sp³-hybridized carbons (Fsp3) is 0.312. The molecule has 0 N–H and O–H groups in total. The SMILES string of the molecule is N#Cc1ncc([N+](=O)[O-])c(N2CCC(Oc3ccc(F)cc3F)CC2)n1. The molecule has 1 aliphatic rings. The maximum atomic E-state index is 13.7. The van der Waals surface area contributed by atoms with E-state index in [1.165, 1.54) is 6.07 Å². The second-order valence-electron chi connectivity index (χ2n) is 5.65. The highest BCUT2D eigenvalue weighted by atomic mass is 19.1. The molecule has 0 spiro atoms. The van der Waals surface area contributed by atoms with Crippen molar-refractivity contribution in [3.63, 3.8) is 0 Å². The van der Waals surface area contributed by atoms with E-state index in [9.17, 15) is 18.9 Å². The van der Waals surface area contributed by atoms with Crippen LogP contribution in [0.1, 0.15) is 18.7 Å². The van der Waals surface area contributed by atoms with Gasteiger partial charge in [0.05, 0.1) is 4.92 Å². The summed E-state index contributed by atoms with van der Waals surface area (Å²) in [5.74, 6) is -1.58. The van der Waals surface area contributed by atoms with E-state index in [-0.39, 0.29) is 29.2 Å². The predicted octanol–water partition coefficient (Wildman–Crippen LogP) is 2.58. The zero-order valence-corrected chi connectivity index (χ0v) is 13.4. The molecule has 0 aliphatic carbocycles. The third-order valence-corrected chi connectivity index (χ3v) is 3.98. The number of rotatable bonds is 4. The van der Waals surface area contributed by atoms with E-state index in [1.807, 2.05) is 0 Å². The highest BCUT2D eigenvalue weighted by Gasteiger charge is 2.28. The molecule has 1 saturated heterocycles. The van der Waals surface area contributed by atoms with Crippen LogP contribution < -0.4 is 9.64 Å². The van der Waals surface area contributed by atoms with E-state index >= 15 is 0 Å². The first kappa shape index (κ1) is 17.5. The highest BCUT2D eigenvalue weighted by molar-refractivity contribution is 5.57. The van der Waals surface area contributed by atoms with Gasteiger partial charge in [-0.25, -0.2) is 13.8 Å². The molecular formula is C16H13F2N5O3. The van der Waals surface area contributed by atoms with Crippen LogP contribution in [0.3, 0.4) is 0 Å². The maximum Gasteiger partial charge on any atom is 0.329 e. The summed E-state index contributed by atoms with van der Waals surface area (Å²) in [5, 5.41) is 20.0. The predicted molar refractivity (Wildman–Crippen MR) is 85.6 cm³/mol. The number of aromatic nitrogens is 2. The summed E-state index contributed by atoms with van der Waals surface area (Å²) in [6, 6.07) is 4.84. The smallest absolute Gasteiger partial charge is 0.329 e. The minimum Gasteiger partial charge on any atom is -0.487 e. The molecule has 8 nitrogen and oxygen atoms in total. The van der Waals surface area contributed by atoms with Crippen LogP contribution in [0.5, 0.6) is 5.75 Å². The second kappa shape index (κ2) is 7.26. The molecule has 0 bridgehead atoms. The van der Waals surface area contributed by atoms with E-state index in [0.29, 0.717) is 25.9 Å². The molecule has 0 amide bonds. The summed E-state index contributed by atoms with van der Waals surface area (Å²) < 4.78 is 32.2. The Hall–Kier alpha value is -3.35. The van der Waals surface area contributed by atoms with Crippen LogP contribution in [-0.2, 0) is 0 Å². The number of nitriles is 1. The van der Waals surface area contributed by atoms with Gasteiger partial charge in [-0.2, -0.15) is 10.2 Å². The molecule has 1 aromatic heterocycles. The Bertz CT molecular complexity index is 879. The largest absolute Gasteiger partial charge is 0.487 e. The molecule has 134 valence electrons. The van der Waals surface area contributed by atoms with Crippen LogP contribution >= 0.6 is 0 Å². The Labute approximate surface area is 146 Å². The quantitative estimate of drug-likeness (QED) is 0.609. The maximum absolute atomic E-state index is 13.7. The number of benzene rings is 1. The van der Waals surface area contributed by atoms with Gasteiger partial charge in [0, 0.05) is 32.0 Å². The molecule has 1 aromatic carbocycles. The van der Waals surface area contributed by atoms with Gasteiger partial charge in [0.1, 0.15) is 24.2 Å². The fourth-order valence-electron chi connectivity index (χ4n) is 2.72. The molecule has 0 unspecified atom stereocenters. The summed E-state index contributed by atoms with van der Waals surface area (Å²) in [6.45, 7) is 0.742. The molecule has 26 heavy (non-hydrogen) atoms. The molecule has 10 heteroatoms. The molecule has 1 fully saturated rings. The molecule has 0 atom stereocenters. The van der Waals surface area contributed by atoms with Gasteiger partial charge in [-0.05, 0) is 12.1 Å². The van der Waals surface area contributed by atoms with Crippen molar-refractivity contribution in [3.8, 4) is 11.8 Å². The molecule has 0 radical (unpaired) electrons. The Kier molecular flexibility index (Phi) is 4.88. The second-order valence-corrected chi connectivity index (χ2v) is 5.65. The molecule has 1 aliphatic heterocycles. The average Bonchev–Trinajstić information content (AvgIpc) is 2.64. The Morgan fingerprint density at radius 3 is 2.69 bits per heavy atom. The molecule has 2 heterocycles.